The number of furan rings is 1. The number of hydrogen-bond acceptors (Lipinski definition) is 5. The van der Waals surface area contributed by atoms with Crippen LogP contribution in [0.1, 0.15) is 23.2 Å². The Bertz CT molecular complexity index is 777. The number of esters is 1. The molecular formula is C17H18BrNO5. The molecule has 0 aliphatic carbocycles. The van der Waals surface area contributed by atoms with Crippen molar-refractivity contribution in [2.45, 2.75) is 12.8 Å². The van der Waals surface area contributed by atoms with E-state index in [1.165, 1.54) is 7.11 Å². The van der Waals surface area contributed by atoms with Gasteiger partial charge >= 0.3 is 5.97 Å². The SMILES string of the molecule is COC(=O)C1CCN(C(=O)c2cc(OC)c3cc(Br)oc3c2)CC1. The van der Waals surface area contributed by atoms with E-state index in [1.54, 1.807) is 24.1 Å². The minimum atomic E-state index is -0.203. The molecule has 6 nitrogen and oxygen atoms in total. The first-order chi connectivity index (χ1) is 11.5. The van der Waals surface area contributed by atoms with Crippen LogP contribution in [0.25, 0.3) is 11.0 Å². The van der Waals surface area contributed by atoms with E-state index in [1.807, 2.05) is 6.07 Å². The molecule has 0 saturated carbocycles. The molecule has 2 heterocycles. The summed E-state index contributed by atoms with van der Waals surface area (Å²) in [5, 5.41) is 0.810. The topological polar surface area (TPSA) is 69.0 Å². The summed E-state index contributed by atoms with van der Waals surface area (Å²) in [6, 6.07) is 5.25. The lowest BCUT2D eigenvalue weighted by atomic mass is 9.96. The molecule has 1 aromatic carbocycles. The number of amides is 1. The maximum absolute atomic E-state index is 12.8. The number of nitrogens with zero attached hydrogens (tertiary/aromatic N) is 1. The number of carbonyl (C=O) groups excluding carboxylic acids is 2. The monoisotopic (exact) mass is 395 g/mol. The number of carbonyl (C=O) groups is 2. The predicted molar refractivity (Wildman–Crippen MR) is 91.1 cm³/mol. The van der Waals surface area contributed by atoms with Crippen molar-refractivity contribution in [2.75, 3.05) is 27.3 Å². The minimum absolute atomic E-state index is 0.0916. The fourth-order valence-electron chi connectivity index (χ4n) is 3.04. The van der Waals surface area contributed by atoms with Crippen LogP contribution in [0.4, 0.5) is 0 Å². The summed E-state index contributed by atoms with van der Waals surface area (Å²) in [5.41, 5.74) is 1.10. The van der Waals surface area contributed by atoms with Gasteiger partial charge in [0.15, 0.2) is 4.67 Å². The van der Waals surface area contributed by atoms with Crippen molar-refractivity contribution in [3.8, 4) is 5.75 Å². The van der Waals surface area contributed by atoms with Gasteiger partial charge in [0.05, 0.1) is 25.5 Å². The largest absolute Gasteiger partial charge is 0.496 e. The van der Waals surface area contributed by atoms with Crippen LogP contribution in [0.5, 0.6) is 5.75 Å². The molecule has 1 aliphatic heterocycles. The normalized spacial score (nSPS) is 15.5. The van der Waals surface area contributed by atoms with Crippen LogP contribution < -0.4 is 4.74 Å². The van der Waals surface area contributed by atoms with E-state index >= 15 is 0 Å². The molecular weight excluding hydrogens is 378 g/mol. The molecule has 0 unspecified atom stereocenters. The highest BCUT2D eigenvalue weighted by Crippen LogP contribution is 2.33. The number of hydrogen-bond donors (Lipinski definition) is 0. The molecule has 24 heavy (non-hydrogen) atoms. The lowest BCUT2D eigenvalue weighted by molar-refractivity contribution is -0.146. The quantitative estimate of drug-likeness (QED) is 0.746. The average Bonchev–Trinajstić information content (AvgIpc) is 2.99. The summed E-state index contributed by atoms with van der Waals surface area (Å²) >= 11 is 3.29. The zero-order chi connectivity index (χ0) is 17.3. The van der Waals surface area contributed by atoms with Crippen LogP contribution in [0.3, 0.4) is 0 Å². The Labute approximate surface area is 147 Å². The van der Waals surface area contributed by atoms with Crippen LogP contribution >= 0.6 is 15.9 Å². The first kappa shape index (κ1) is 16.8. The Morgan fingerprint density at radius 1 is 1.21 bits per heavy atom. The Morgan fingerprint density at radius 3 is 2.54 bits per heavy atom. The number of fused-ring (bicyclic) bond motifs is 1. The third-order valence-corrected chi connectivity index (χ3v) is 4.74. The summed E-state index contributed by atoms with van der Waals surface area (Å²) in [7, 11) is 2.95. The second kappa shape index (κ2) is 6.84. The van der Waals surface area contributed by atoms with Gasteiger partial charge in [-0.15, -0.1) is 0 Å². The van der Waals surface area contributed by atoms with E-state index in [2.05, 4.69) is 15.9 Å². The molecule has 3 rings (SSSR count). The van der Waals surface area contributed by atoms with Crippen LogP contribution in [0, 0.1) is 5.92 Å². The molecule has 128 valence electrons. The summed E-state index contributed by atoms with van der Waals surface area (Å²) in [5.74, 6) is 0.170. The standard InChI is InChI=1S/C17H18BrNO5/c1-22-13-7-11(8-14-12(13)9-15(18)24-14)16(20)19-5-3-10(4-6-19)17(21)23-2/h7-10H,3-6H2,1-2H3. The number of piperidine rings is 1. The van der Waals surface area contributed by atoms with Gasteiger partial charge in [0.1, 0.15) is 11.3 Å². The highest BCUT2D eigenvalue weighted by molar-refractivity contribution is 9.10. The van der Waals surface area contributed by atoms with E-state index in [0.29, 0.717) is 47.5 Å². The van der Waals surface area contributed by atoms with Gasteiger partial charge in [-0.25, -0.2) is 0 Å². The van der Waals surface area contributed by atoms with Crippen molar-refractivity contribution in [1.29, 1.82) is 0 Å². The van der Waals surface area contributed by atoms with Gasteiger partial charge in [0.2, 0.25) is 0 Å². The molecule has 0 spiro atoms. The van der Waals surface area contributed by atoms with Crippen molar-refractivity contribution in [2.24, 2.45) is 5.92 Å². The van der Waals surface area contributed by atoms with Crippen molar-refractivity contribution in [3.63, 3.8) is 0 Å². The van der Waals surface area contributed by atoms with Crippen molar-refractivity contribution in [3.05, 3.63) is 28.4 Å². The lowest BCUT2D eigenvalue weighted by Gasteiger charge is -2.30. The average molecular weight is 396 g/mol. The lowest BCUT2D eigenvalue weighted by Crippen LogP contribution is -2.40. The molecule has 0 radical (unpaired) electrons. The van der Waals surface area contributed by atoms with Crippen molar-refractivity contribution >= 4 is 38.8 Å². The highest BCUT2D eigenvalue weighted by Gasteiger charge is 2.29. The van der Waals surface area contributed by atoms with E-state index in [4.69, 9.17) is 13.9 Å². The number of likely N-dealkylation sites (tertiary alicyclic amines) is 1. The smallest absolute Gasteiger partial charge is 0.308 e. The first-order valence-corrected chi connectivity index (χ1v) is 8.47. The fourth-order valence-corrected chi connectivity index (χ4v) is 3.44. The first-order valence-electron chi connectivity index (χ1n) is 7.67. The van der Waals surface area contributed by atoms with Gasteiger partial charge in [0, 0.05) is 24.7 Å². The van der Waals surface area contributed by atoms with Crippen LogP contribution in [0.2, 0.25) is 0 Å². The molecule has 1 saturated heterocycles. The van der Waals surface area contributed by atoms with Crippen molar-refractivity contribution < 1.29 is 23.5 Å². The van der Waals surface area contributed by atoms with Gasteiger partial charge in [0.25, 0.3) is 5.91 Å². The Morgan fingerprint density at radius 2 is 1.92 bits per heavy atom. The maximum Gasteiger partial charge on any atom is 0.308 e. The molecule has 1 aliphatic rings. The Balaban J connectivity index is 1.80. The molecule has 0 N–H and O–H groups in total. The highest BCUT2D eigenvalue weighted by atomic mass is 79.9. The van der Waals surface area contributed by atoms with Gasteiger partial charge in [-0.2, -0.15) is 0 Å². The Kier molecular flexibility index (Phi) is 4.80. The van der Waals surface area contributed by atoms with Crippen LogP contribution in [-0.2, 0) is 9.53 Å². The summed E-state index contributed by atoms with van der Waals surface area (Å²) in [6.07, 6.45) is 1.23. The molecule has 1 fully saturated rings. The number of rotatable bonds is 3. The number of ether oxygens (including phenoxy) is 2. The molecule has 0 bridgehead atoms. The summed E-state index contributed by atoms with van der Waals surface area (Å²) in [4.78, 5) is 26.1. The number of benzene rings is 1. The number of methoxy groups -OCH3 is 2. The number of halogens is 1. The third-order valence-electron chi connectivity index (χ3n) is 4.35. The Hall–Kier alpha value is -2.02. The van der Waals surface area contributed by atoms with Gasteiger partial charge in [-0.1, -0.05) is 0 Å². The second-order valence-electron chi connectivity index (χ2n) is 5.73. The zero-order valence-corrected chi connectivity index (χ0v) is 15.1. The summed E-state index contributed by atoms with van der Waals surface area (Å²) in [6.45, 7) is 1.06. The fraction of sp³-hybridized carbons (Fsp3) is 0.412. The molecule has 1 aromatic heterocycles. The van der Waals surface area contributed by atoms with E-state index < -0.39 is 0 Å². The minimum Gasteiger partial charge on any atom is -0.496 e. The van der Waals surface area contributed by atoms with Crippen LogP contribution in [0.15, 0.2) is 27.3 Å². The van der Waals surface area contributed by atoms with E-state index in [-0.39, 0.29) is 17.8 Å². The zero-order valence-electron chi connectivity index (χ0n) is 13.5. The van der Waals surface area contributed by atoms with Crippen molar-refractivity contribution in [1.82, 2.24) is 4.90 Å². The molecule has 0 atom stereocenters. The summed E-state index contributed by atoms with van der Waals surface area (Å²) < 4.78 is 16.3. The third kappa shape index (κ3) is 3.13. The van der Waals surface area contributed by atoms with Gasteiger partial charge in [-0.05, 0) is 40.9 Å². The van der Waals surface area contributed by atoms with E-state index in [9.17, 15) is 9.59 Å². The van der Waals surface area contributed by atoms with Crippen LogP contribution in [-0.4, -0.2) is 44.1 Å². The molecule has 1 amide bonds. The van der Waals surface area contributed by atoms with E-state index in [0.717, 1.165) is 5.39 Å². The maximum atomic E-state index is 12.8. The molecule has 7 heteroatoms. The van der Waals surface area contributed by atoms with Gasteiger partial charge in [-0.3, -0.25) is 9.59 Å². The molecule has 2 aromatic rings. The predicted octanol–water partition coefficient (Wildman–Crippen LogP) is 3.23. The second-order valence-corrected chi connectivity index (χ2v) is 6.51. The van der Waals surface area contributed by atoms with Gasteiger partial charge < -0.3 is 18.8 Å².